The van der Waals surface area contributed by atoms with Gasteiger partial charge >= 0.3 is 19.4 Å². The van der Waals surface area contributed by atoms with Crippen LogP contribution in [-0.2, 0) is 26.6 Å². The molecule has 1 aromatic rings. The van der Waals surface area contributed by atoms with Crippen LogP contribution in [0.25, 0.3) is 0 Å². The second-order valence-electron chi connectivity index (χ2n) is 11.4. The number of benzene rings is 1. The summed E-state index contributed by atoms with van der Waals surface area (Å²) in [5.41, 5.74) is -0.337. The van der Waals surface area contributed by atoms with Gasteiger partial charge in [-0.25, -0.2) is 4.79 Å². The van der Waals surface area contributed by atoms with Gasteiger partial charge in [-0.1, -0.05) is 26.0 Å². The van der Waals surface area contributed by atoms with E-state index in [-0.39, 0.29) is 24.0 Å². The van der Waals surface area contributed by atoms with Crippen LogP contribution in [0.5, 0.6) is 0 Å². The predicted molar refractivity (Wildman–Crippen MR) is 125 cm³/mol. The SMILES string of the molecule is CC1(C)[C@@H]2C[C@H]3OB([C@H](Cc4ccc(C(F)(F)F)cc4)NC(=O)O[C@H]4CCCNC4)O[C@@]3(C)[C@H]1C2. The Labute approximate surface area is 204 Å². The number of hydrogen-bond donors (Lipinski definition) is 2. The smallest absolute Gasteiger partial charge is 0.445 e. The van der Waals surface area contributed by atoms with Gasteiger partial charge in [0.25, 0.3) is 0 Å². The molecule has 2 bridgehead atoms. The molecule has 2 heterocycles. The number of alkyl halides is 3. The molecule has 10 heteroatoms. The minimum absolute atomic E-state index is 0.0697. The van der Waals surface area contributed by atoms with Crippen LogP contribution >= 0.6 is 0 Å². The van der Waals surface area contributed by atoms with E-state index in [1.54, 1.807) is 0 Å². The van der Waals surface area contributed by atoms with Crippen molar-refractivity contribution in [2.24, 2.45) is 17.3 Å². The van der Waals surface area contributed by atoms with Gasteiger partial charge in [-0.2, -0.15) is 13.2 Å². The lowest BCUT2D eigenvalue weighted by atomic mass is 9.43. The maximum atomic E-state index is 13.0. The number of nitrogens with one attached hydrogen (secondary N) is 2. The van der Waals surface area contributed by atoms with Crippen molar-refractivity contribution in [1.29, 1.82) is 0 Å². The topological polar surface area (TPSA) is 68.8 Å². The molecule has 5 fully saturated rings. The average molecular weight is 494 g/mol. The molecule has 2 aliphatic heterocycles. The number of carbonyl (C=O) groups is 1. The molecule has 3 aliphatic carbocycles. The number of amides is 1. The van der Waals surface area contributed by atoms with Gasteiger partial charge in [-0.3, -0.25) is 0 Å². The Balaban J connectivity index is 1.32. The molecule has 0 aromatic heterocycles. The van der Waals surface area contributed by atoms with E-state index >= 15 is 0 Å². The van der Waals surface area contributed by atoms with Crippen LogP contribution < -0.4 is 10.6 Å². The van der Waals surface area contributed by atoms with Gasteiger partial charge in [-0.15, -0.1) is 0 Å². The monoisotopic (exact) mass is 494 g/mol. The molecule has 6 rings (SSSR count). The van der Waals surface area contributed by atoms with Crippen molar-refractivity contribution in [3.8, 4) is 0 Å². The largest absolute Gasteiger partial charge is 0.482 e. The molecule has 1 amide bonds. The van der Waals surface area contributed by atoms with Crippen LogP contribution in [-0.4, -0.2) is 50.1 Å². The molecule has 6 atom stereocenters. The number of alkyl carbamates (subject to hydrolysis) is 1. The maximum absolute atomic E-state index is 13.0. The van der Waals surface area contributed by atoms with E-state index in [2.05, 4.69) is 31.4 Å². The van der Waals surface area contributed by atoms with Crippen molar-refractivity contribution >= 4 is 13.2 Å². The normalized spacial score (nSPS) is 34.5. The lowest BCUT2D eigenvalue weighted by molar-refractivity contribution is -0.199. The maximum Gasteiger partial charge on any atom is 0.482 e. The van der Waals surface area contributed by atoms with Gasteiger partial charge in [0.15, 0.2) is 0 Å². The van der Waals surface area contributed by atoms with E-state index in [9.17, 15) is 18.0 Å². The summed E-state index contributed by atoms with van der Waals surface area (Å²) in [6.07, 6.45) is -1.25. The number of carbonyl (C=O) groups excluding carboxylic acids is 1. The van der Waals surface area contributed by atoms with Crippen molar-refractivity contribution in [1.82, 2.24) is 10.6 Å². The Morgan fingerprint density at radius 1 is 1.26 bits per heavy atom. The summed E-state index contributed by atoms with van der Waals surface area (Å²) in [5, 5.41) is 6.13. The third-order valence-electron chi connectivity index (χ3n) is 8.86. The molecule has 6 nitrogen and oxygen atoms in total. The van der Waals surface area contributed by atoms with Gasteiger partial charge in [0.1, 0.15) is 6.10 Å². The fourth-order valence-corrected chi connectivity index (χ4v) is 6.63. The van der Waals surface area contributed by atoms with E-state index in [1.807, 2.05) is 0 Å². The second kappa shape index (κ2) is 8.96. The molecular formula is C25H34BF3N2O4. The number of piperidine rings is 1. The predicted octanol–water partition coefficient (Wildman–Crippen LogP) is 4.36. The lowest BCUT2D eigenvalue weighted by Crippen LogP contribution is -2.65. The first-order valence-electron chi connectivity index (χ1n) is 12.6. The van der Waals surface area contributed by atoms with Crippen molar-refractivity contribution in [3.63, 3.8) is 0 Å². The Kier molecular flexibility index (Phi) is 6.37. The lowest BCUT2D eigenvalue weighted by Gasteiger charge is -2.64. The molecule has 2 N–H and O–H groups in total. The Morgan fingerprint density at radius 2 is 2.00 bits per heavy atom. The molecule has 0 unspecified atom stereocenters. The number of halogens is 3. The Morgan fingerprint density at radius 3 is 2.63 bits per heavy atom. The fourth-order valence-electron chi connectivity index (χ4n) is 6.63. The van der Waals surface area contributed by atoms with E-state index < -0.39 is 36.5 Å². The molecule has 192 valence electrons. The third-order valence-corrected chi connectivity index (χ3v) is 8.86. The first-order valence-corrected chi connectivity index (χ1v) is 12.6. The molecule has 3 saturated carbocycles. The van der Waals surface area contributed by atoms with Crippen LogP contribution in [0.1, 0.15) is 57.6 Å². The van der Waals surface area contributed by atoms with E-state index in [4.69, 9.17) is 14.0 Å². The Bertz CT molecular complexity index is 938. The number of hydrogen-bond acceptors (Lipinski definition) is 5. The first-order chi connectivity index (χ1) is 16.5. The minimum Gasteiger partial charge on any atom is -0.445 e. The van der Waals surface area contributed by atoms with Crippen LogP contribution in [0.15, 0.2) is 24.3 Å². The van der Waals surface area contributed by atoms with Crippen molar-refractivity contribution < 1.29 is 32.0 Å². The summed E-state index contributed by atoms with van der Waals surface area (Å²) in [5.74, 6) is 0.340. The zero-order valence-electron chi connectivity index (χ0n) is 20.5. The van der Waals surface area contributed by atoms with Crippen molar-refractivity contribution in [2.75, 3.05) is 13.1 Å². The summed E-state index contributed by atoms with van der Waals surface area (Å²) in [4.78, 5) is 12.8. The summed E-state index contributed by atoms with van der Waals surface area (Å²) in [7, 11) is -0.709. The highest BCUT2D eigenvalue weighted by atomic mass is 19.4. The summed E-state index contributed by atoms with van der Waals surface area (Å²) >= 11 is 0. The van der Waals surface area contributed by atoms with Crippen LogP contribution in [0, 0.1) is 17.3 Å². The highest BCUT2D eigenvalue weighted by molar-refractivity contribution is 6.47. The summed E-state index contributed by atoms with van der Waals surface area (Å²) < 4.78 is 57.6. The average Bonchev–Trinajstić information content (AvgIpc) is 3.16. The molecular weight excluding hydrogens is 460 g/mol. The van der Waals surface area contributed by atoms with E-state index in [0.29, 0.717) is 23.9 Å². The van der Waals surface area contributed by atoms with Gasteiger partial charge in [0, 0.05) is 6.54 Å². The summed E-state index contributed by atoms with van der Waals surface area (Å²) in [6, 6.07) is 5.01. The van der Waals surface area contributed by atoms with E-state index in [0.717, 1.165) is 44.4 Å². The number of rotatable bonds is 5. The molecule has 0 radical (unpaired) electrons. The zero-order valence-corrected chi connectivity index (χ0v) is 20.5. The van der Waals surface area contributed by atoms with Crippen LogP contribution in [0.2, 0.25) is 0 Å². The molecule has 5 aliphatic rings. The molecule has 2 saturated heterocycles. The van der Waals surface area contributed by atoms with Crippen molar-refractivity contribution in [3.05, 3.63) is 35.4 Å². The fraction of sp³-hybridized carbons (Fsp3) is 0.720. The van der Waals surface area contributed by atoms with Gasteiger partial charge in [0.05, 0.1) is 23.2 Å². The zero-order chi connectivity index (χ0) is 25.0. The van der Waals surface area contributed by atoms with Gasteiger partial charge in [-0.05, 0) is 80.5 Å². The highest BCUT2D eigenvalue weighted by Crippen LogP contribution is 2.65. The number of ether oxygens (including phenoxy) is 1. The van der Waals surface area contributed by atoms with E-state index in [1.165, 1.54) is 12.1 Å². The minimum atomic E-state index is -4.40. The van der Waals surface area contributed by atoms with Crippen LogP contribution in [0.4, 0.5) is 18.0 Å². The molecule has 0 spiro atoms. The van der Waals surface area contributed by atoms with Crippen molar-refractivity contribution in [2.45, 2.75) is 82.8 Å². The second-order valence-corrected chi connectivity index (χ2v) is 11.4. The van der Waals surface area contributed by atoms with Gasteiger partial charge in [0.2, 0.25) is 0 Å². The standard InChI is InChI=1S/C25H34BF3N2O4/c1-23(2)17-12-19(23)24(3)20(13-17)34-26(35-24)21(31-22(32)33-18-5-4-10-30-14-18)11-15-6-8-16(9-7-15)25(27,28)29/h6-9,17-21,30H,4-5,10-14H2,1-3H3,(H,31,32)/t17-,18-,19-,20+,21-,24-/m0/s1. The molecule has 1 aromatic carbocycles. The summed E-state index contributed by atoms with van der Waals surface area (Å²) in [6.45, 7) is 8.15. The third kappa shape index (κ3) is 4.69. The van der Waals surface area contributed by atoms with Gasteiger partial charge < -0.3 is 24.7 Å². The highest BCUT2D eigenvalue weighted by Gasteiger charge is 2.68. The Hall–Kier alpha value is -1.78. The quantitative estimate of drug-likeness (QED) is 0.596. The first kappa shape index (κ1) is 24.9. The van der Waals surface area contributed by atoms with Crippen LogP contribution in [0.3, 0.4) is 0 Å². The molecule has 35 heavy (non-hydrogen) atoms.